The van der Waals surface area contributed by atoms with Crippen LogP contribution in [-0.4, -0.2) is 42.5 Å². The number of aryl methyl sites for hydroxylation is 1. The highest BCUT2D eigenvalue weighted by molar-refractivity contribution is 7.07. The third-order valence-electron chi connectivity index (χ3n) is 7.78. The van der Waals surface area contributed by atoms with E-state index in [-0.39, 0.29) is 18.8 Å². The third kappa shape index (κ3) is 5.52. The summed E-state index contributed by atoms with van der Waals surface area (Å²) >= 11 is 1.30. The Kier molecular flexibility index (Phi) is 8.32. The molecule has 9 heteroatoms. The molecule has 5 aromatic rings. The van der Waals surface area contributed by atoms with Gasteiger partial charge in [-0.3, -0.25) is 9.36 Å². The van der Waals surface area contributed by atoms with Gasteiger partial charge in [-0.25, -0.2) is 9.79 Å². The van der Waals surface area contributed by atoms with Crippen molar-refractivity contribution >= 4 is 34.3 Å². The van der Waals surface area contributed by atoms with Gasteiger partial charge in [-0.15, -0.1) is 0 Å². The zero-order valence-electron chi connectivity index (χ0n) is 25.1. The van der Waals surface area contributed by atoms with Crippen LogP contribution in [0, 0.1) is 6.92 Å². The predicted molar refractivity (Wildman–Crippen MR) is 172 cm³/mol. The number of carbonyl (C=O) groups is 1. The molecule has 6 rings (SSSR count). The second-order valence-corrected chi connectivity index (χ2v) is 11.7. The van der Waals surface area contributed by atoms with Crippen LogP contribution in [0.3, 0.4) is 0 Å². The Morgan fingerprint density at radius 2 is 1.73 bits per heavy atom. The van der Waals surface area contributed by atoms with Gasteiger partial charge in [0.15, 0.2) is 4.80 Å². The van der Waals surface area contributed by atoms with Crippen LogP contribution in [0.1, 0.15) is 35.2 Å². The van der Waals surface area contributed by atoms with Gasteiger partial charge in [0, 0.05) is 41.9 Å². The fourth-order valence-electron chi connectivity index (χ4n) is 5.62. The Hall–Kier alpha value is -4.73. The average molecular weight is 608 g/mol. The molecular formula is C35H33N3O5S. The van der Waals surface area contributed by atoms with E-state index in [0.29, 0.717) is 38.5 Å². The summed E-state index contributed by atoms with van der Waals surface area (Å²) in [5.41, 5.74) is 5.64. The Bertz CT molecular complexity index is 2070. The lowest BCUT2D eigenvalue weighted by Gasteiger charge is -2.26. The molecule has 0 aliphatic carbocycles. The van der Waals surface area contributed by atoms with Crippen LogP contribution < -0.4 is 19.6 Å². The number of rotatable bonds is 9. The fraction of sp³-hybridized carbons (Fsp3) is 0.229. The van der Waals surface area contributed by atoms with Crippen molar-refractivity contribution in [3.8, 4) is 5.75 Å². The van der Waals surface area contributed by atoms with Crippen LogP contribution in [0.15, 0.2) is 100 Å². The first-order chi connectivity index (χ1) is 21.4. The number of nitrogens with zero attached hydrogens (tertiary/aromatic N) is 3. The summed E-state index contributed by atoms with van der Waals surface area (Å²) in [5.74, 6) is 0.0100. The van der Waals surface area contributed by atoms with E-state index in [9.17, 15) is 9.59 Å². The van der Waals surface area contributed by atoms with E-state index in [1.165, 1.54) is 22.5 Å². The summed E-state index contributed by atoms with van der Waals surface area (Å²) < 4.78 is 20.6. The zero-order valence-corrected chi connectivity index (χ0v) is 25.9. The minimum Gasteiger partial charge on any atom is -0.496 e. The molecule has 0 bridgehead atoms. The highest BCUT2D eigenvalue weighted by Crippen LogP contribution is 2.35. The molecule has 2 aromatic heterocycles. The van der Waals surface area contributed by atoms with Crippen molar-refractivity contribution in [1.82, 2.24) is 9.13 Å². The summed E-state index contributed by atoms with van der Waals surface area (Å²) in [6, 6.07) is 23.3. The van der Waals surface area contributed by atoms with Gasteiger partial charge in [0.25, 0.3) is 5.56 Å². The number of methoxy groups -OCH3 is 2. The predicted octanol–water partition coefficient (Wildman–Crippen LogP) is 4.74. The van der Waals surface area contributed by atoms with E-state index in [0.717, 1.165) is 16.5 Å². The minimum absolute atomic E-state index is 0.0851. The number of ether oxygens (including phenoxy) is 3. The molecule has 0 N–H and O–H groups in total. The van der Waals surface area contributed by atoms with Crippen molar-refractivity contribution in [1.29, 1.82) is 0 Å². The molecule has 0 amide bonds. The van der Waals surface area contributed by atoms with Gasteiger partial charge in [0.2, 0.25) is 0 Å². The molecular weight excluding hydrogens is 574 g/mol. The number of carbonyl (C=O) groups excluding carboxylic acids is 1. The van der Waals surface area contributed by atoms with Gasteiger partial charge >= 0.3 is 5.97 Å². The van der Waals surface area contributed by atoms with Crippen molar-refractivity contribution in [3.05, 3.63) is 132 Å². The molecule has 1 aliphatic heterocycles. The average Bonchev–Trinajstić information content (AvgIpc) is 3.53. The highest BCUT2D eigenvalue weighted by atomic mass is 32.1. The number of aromatic nitrogens is 2. The van der Waals surface area contributed by atoms with Crippen LogP contribution in [0.2, 0.25) is 0 Å². The van der Waals surface area contributed by atoms with Crippen LogP contribution >= 0.6 is 11.3 Å². The number of fused-ring (bicyclic) bond motifs is 2. The molecule has 8 nitrogen and oxygen atoms in total. The highest BCUT2D eigenvalue weighted by Gasteiger charge is 2.35. The van der Waals surface area contributed by atoms with E-state index in [1.54, 1.807) is 25.7 Å². The maximum absolute atomic E-state index is 14.2. The Morgan fingerprint density at radius 3 is 2.50 bits per heavy atom. The maximum atomic E-state index is 14.2. The fourth-order valence-corrected chi connectivity index (χ4v) is 6.65. The number of thiazole rings is 1. The van der Waals surface area contributed by atoms with Crippen LogP contribution in [-0.2, 0) is 20.8 Å². The number of hydrogen-bond donors (Lipinski definition) is 0. The molecule has 0 fully saturated rings. The first-order valence-electron chi connectivity index (χ1n) is 14.3. The topological polar surface area (TPSA) is 84.0 Å². The lowest BCUT2D eigenvalue weighted by atomic mass is 9.95. The summed E-state index contributed by atoms with van der Waals surface area (Å²) in [6.07, 6.45) is 4.01. The van der Waals surface area contributed by atoms with Crippen molar-refractivity contribution in [3.63, 3.8) is 0 Å². The molecule has 0 saturated heterocycles. The monoisotopic (exact) mass is 607 g/mol. The summed E-state index contributed by atoms with van der Waals surface area (Å²) in [5, 5.41) is 1.05. The second-order valence-electron chi connectivity index (χ2n) is 10.7. The van der Waals surface area contributed by atoms with Crippen molar-refractivity contribution < 1.29 is 19.0 Å². The molecule has 1 aliphatic rings. The molecule has 0 saturated carbocycles. The zero-order chi connectivity index (χ0) is 30.8. The van der Waals surface area contributed by atoms with Crippen molar-refractivity contribution in [2.24, 2.45) is 4.99 Å². The van der Waals surface area contributed by atoms with Gasteiger partial charge < -0.3 is 18.8 Å². The number of hydrogen-bond acceptors (Lipinski definition) is 7. The lowest BCUT2D eigenvalue weighted by Crippen LogP contribution is -2.40. The molecule has 1 unspecified atom stereocenters. The molecule has 0 spiro atoms. The standard InChI is InChI=1S/C35H33N3O5S/c1-22-13-15-24(16-14-22)20-37-21-25(26-9-5-7-11-28(26)37)19-30-33(39)38-32(27-10-6-8-12-29(27)42-4)31(23(2)36-35(38)44-30)34(40)43-18-17-41-3/h5-16,19,21,32H,17-18,20H2,1-4H3. The normalized spacial score (nSPS) is 14.9. The second kappa shape index (κ2) is 12.5. The number of esters is 1. The molecule has 1 atom stereocenters. The summed E-state index contributed by atoms with van der Waals surface area (Å²) in [6.45, 7) is 4.90. The first kappa shape index (κ1) is 29.3. The Balaban J connectivity index is 1.50. The Morgan fingerprint density at radius 1 is 0.977 bits per heavy atom. The third-order valence-corrected chi connectivity index (χ3v) is 8.76. The maximum Gasteiger partial charge on any atom is 0.338 e. The quantitative estimate of drug-likeness (QED) is 0.179. The number of para-hydroxylation sites is 2. The Labute approximate surface area is 258 Å². The molecule has 224 valence electrons. The summed E-state index contributed by atoms with van der Waals surface area (Å²) in [7, 11) is 3.11. The molecule has 44 heavy (non-hydrogen) atoms. The molecule has 3 aromatic carbocycles. The minimum atomic E-state index is -0.775. The van der Waals surface area contributed by atoms with Crippen molar-refractivity contribution in [2.45, 2.75) is 26.4 Å². The van der Waals surface area contributed by atoms with Crippen LogP contribution in [0.25, 0.3) is 17.0 Å². The summed E-state index contributed by atoms with van der Waals surface area (Å²) in [4.78, 5) is 32.9. The van der Waals surface area contributed by atoms with Crippen LogP contribution in [0.5, 0.6) is 5.75 Å². The van der Waals surface area contributed by atoms with Gasteiger partial charge in [0.1, 0.15) is 18.4 Å². The van der Waals surface area contributed by atoms with E-state index in [2.05, 4.69) is 54.1 Å². The first-order valence-corrected chi connectivity index (χ1v) is 15.2. The SMILES string of the molecule is COCCOC(=O)C1=C(C)N=c2sc(=Cc3cn(Cc4ccc(C)cc4)c4ccccc34)c(=O)n2C1c1ccccc1OC. The van der Waals surface area contributed by atoms with E-state index in [1.807, 2.05) is 42.5 Å². The van der Waals surface area contributed by atoms with E-state index in [4.69, 9.17) is 19.2 Å². The molecule has 3 heterocycles. The lowest BCUT2D eigenvalue weighted by molar-refractivity contribution is -0.140. The van der Waals surface area contributed by atoms with Gasteiger partial charge in [-0.2, -0.15) is 0 Å². The van der Waals surface area contributed by atoms with Crippen molar-refractivity contribution in [2.75, 3.05) is 27.4 Å². The largest absolute Gasteiger partial charge is 0.496 e. The number of allylic oxidation sites excluding steroid dienone is 1. The van der Waals surface area contributed by atoms with Gasteiger partial charge in [0.05, 0.1) is 29.5 Å². The van der Waals surface area contributed by atoms with Gasteiger partial charge in [-0.05, 0) is 37.6 Å². The molecule has 0 radical (unpaired) electrons. The van der Waals surface area contributed by atoms with E-state index < -0.39 is 12.0 Å². The van der Waals surface area contributed by atoms with Crippen LogP contribution in [0.4, 0.5) is 0 Å². The van der Waals surface area contributed by atoms with E-state index >= 15 is 0 Å². The number of benzene rings is 3. The smallest absolute Gasteiger partial charge is 0.338 e. The van der Waals surface area contributed by atoms with Gasteiger partial charge in [-0.1, -0.05) is 77.6 Å².